The zero-order valence-corrected chi connectivity index (χ0v) is 14.4. The van der Waals surface area contributed by atoms with Crippen molar-refractivity contribution in [3.05, 3.63) is 83.0 Å². The maximum Gasteiger partial charge on any atom is 0.202 e. The zero-order chi connectivity index (χ0) is 17.9. The average Bonchev–Trinajstić information content (AvgIpc) is 3.36. The Bertz CT molecular complexity index is 1030. The second-order valence-corrected chi connectivity index (χ2v) is 6.27. The lowest BCUT2D eigenvalue weighted by Gasteiger charge is -2.02. The Balaban J connectivity index is 1.43. The highest BCUT2D eigenvalue weighted by Gasteiger charge is 2.16. The van der Waals surface area contributed by atoms with Crippen LogP contribution >= 0.6 is 11.6 Å². The third-order valence-electron chi connectivity index (χ3n) is 3.84. The molecule has 4 aromatic rings. The normalized spacial score (nSPS) is 11.0. The molecule has 26 heavy (non-hydrogen) atoms. The van der Waals surface area contributed by atoms with E-state index in [1.54, 1.807) is 29.1 Å². The van der Waals surface area contributed by atoms with E-state index in [1.165, 1.54) is 6.26 Å². The third kappa shape index (κ3) is 3.60. The van der Waals surface area contributed by atoms with Gasteiger partial charge in [0.1, 0.15) is 0 Å². The fourth-order valence-corrected chi connectivity index (χ4v) is 2.84. The van der Waals surface area contributed by atoms with Gasteiger partial charge in [-0.3, -0.25) is 9.48 Å². The van der Waals surface area contributed by atoms with Gasteiger partial charge in [0, 0.05) is 23.7 Å². The molecule has 130 valence electrons. The summed E-state index contributed by atoms with van der Waals surface area (Å²) in [5, 5.41) is 8.81. The van der Waals surface area contributed by atoms with Gasteiger partial charge < -0.3 is 8.94 Å². The van der Waals surface area contributed by atoms with Crippen molar-refractivity contribution in [1.29, 1.82) is 0 Å². The van der Waals surface area contributed by atoms with E-state index >= 15 is 0 Å². The van der Waals surface area contributed by atoms with Crippen LogP contribution in [0.5, 0.6) is 0 Å². The lowest BCUT2D eigenvalue weighted by atomic mass is 10.1. The molecule has 4 rings (SSSR count). The Morgan fingerprint density at radius 2 is 2.04 bits per heavy atom. The average molecular weight is 368 g/mol. The highest BCUT2D eigenvalue weighted by atomic mass is 35.5. The summed E-state index contributed by atoms with van der Waals surface area (Å²) in [6.07, 6.45) is 5.25. The zero-order valence-electron chi connectivity index (χ0n) is 13.6. The SMILES string of the molecule is O=C(Cc1cnn(Cc2cccc(Cl)c2)c1)c1cc(-c2ccco2)on1. The molecule has 0 spiro atoms. The van der Waals surface area contributed by atoms with Crippen molar-refractivity contribution >= 4 is 17.4 Å². The van der Waals surface area contributed by atoms with Gasteiger partial charge in [-0.15, -0.1) is 0 Å². The minimum absolute atomic E-state index is 0.145. The first kappa shape index (κ1) is 16.4. The van der Waals surface area contributed by atoms with Gasteiger partial charge >= 0.3 is 0 Å². The molecule has 6 nitrogen and oxygen atoms in total. The number of hydrogen-bond donors (Lipinski definition) is 0. The van der Waals surface area contributed by atoms with E-state index < -0.39 is 0 Å². The standard InChI is InChI=1S/C19H14ClN3O3/c20-15-4-1-3-13(7-15)11-23-12-14(10-21-23)8-17(24)16-9-19(26-22-16)18-5-2-6-25-18/h1-7,9-10,12H,8,11H2. The first-order chi connectivity index (χ1) is 12.7. The summed E-state index contributed by atoms with van der Waals surface area (Å²) in [7, 11) is 0. The van der Waals surface area contributed by atoms with Crippen molar-refractivity contribution < 1.29 is 13.7 Å². The van der Waals surface area contributed by atoms with Gasteiger partial charge in [0.05, 0.1) is 19.0 Å². The number of halogens is 1. The van der Waals surface area contributed by atoms with Crippen LogP contribution in [-0.4, -0.2) is 20.7 Å². The maximum absolute atomic E-state index is 12.4. The maximum atomic E-state index is 12.4. The van der Waals surface area contributed by atoms with Crippen molar-refractivity contribution in [2.24, 2.45) is 0 Å². The lowest BCUT2D eigenvalue weighted by molar-refractivity contribution is 0.0984. The van der Waals surface area contributed by atoms with Crippen molar-refractivity contribution in [2.45, 2.75) is 13.0 Å². The van der Waals surface area contributed by atoms with Crippen LogP contribution in [0.3, 0.4) is 0 Å². The molecule has 3 aromatic heterocycles. The van der Waals surface area contributed by atoms with Gasteiger partial charge in [-0.2, -0.15) is 5.10 Å². The van der Waals surface area contributed by atoms with Crippen LogP contribution in [0.15, 0.2) is 70.1 Å². The van der Waals surface area contributed by atoms with Gasteiger partial charge in [0.15, 0.2) is 17.2 Å². The lowest BCUT2D eigenvalue weighted by Crippen LogP contribution is -2.03. The predicted octanol–water partition coefficient (Wildman–Crippen LogP) is 4.26. The van der Waals surface area contributed by atoms with Crippen LogP contribution in [0.2, 0.25) is 5.02 Å². The number of nitrogens with zero attached hydrogens (tertiary/aromatic N) is 3. The molecule has 0 saturated heterocycles. The number of aromatic nitrogens is 3. The molecule has 0 fully saturated rings. The summed E-state index contributed by atoms with van der Waals surface area (Å²) < 4.78 is 12.2. The fraction of sp³-hybridized carbons (Fsp3) is 0.105. The predicted molar refractivity (Wildman–Crippen MR) is 95.0 cm³/mol. The molecule has 3 heterocycles. The summed E-state index contributed by atoms with van der Waals surface area (Å²) in [6.45, 7) is 0.585. The third-order valence-corrected chi connectivity index (χ3v) is 4.08. The first-order valence-electron chi connectivity index (χ1n) is 7.97. The summed E-state index contributed by atoms with van der Waals surface area (Å²) in [5.41, 5.74) is 2.11. The number of carbonyl (C=O) groups is 1. The van der Waals surface area contributed by atoms with Gasteiger partial charge in [-0.05, 0) is 35.4 Å². The Kier molecular flexibility index (Phi) is 4.41. The molecule has 0 radical (unpaired) electrons. The highest BCUT2D eigenvalue weighted by molar-refractivity contribution is 6.30. The minimum atomic E-state index is -0.145. The quantitative estimate of drug-likeness (QED) is 0.476. The van der Waals surface area contributed by atoms with Gasteiger partial charge in [0.25, 0.3) is 0 Å². The van der Waals surface area contributed by atoms with Gasteiger partial charge in [0.2, 0.25) is 5.76 Å². The number of rotatable bonds is 6. The molecule has 7 heteroatoms. The van der Waals surface area contributed by atoms with Crippen LogP contribution in [0, 0.1) is 0 Å². The van der Waals surface area contributed by atoms with Crippen LogP contribution in [0.1, 0.15) is 21.6 Å². The highest BCUT2D eigenvalue weighted by Crippen LogP contribution is 2.21. The molecule has 0 N–H and O–H groups in total. The molecule has 0 atom stereocenters. The second kappa shape index (κ2) is 7.01. The Morgan fingerprint density at radius 1 is 1.12 bits per heavy atom. The summed E-state index contributed by atoms with van der Waals surface area (Å²) in [4.78, 5) is 12.4. The van der Waals surface area contributed by atoms with Crippen molar-refractivity contribution in [3.63, 3.8) is 0 Å². The number of benzene rings is 1. The van der Waals surface area contributed by atoms with E-state index in [2.05, 4.69) is 10.3 Å². The molecule has 0 unspecified atom stereocenters. The first-order valence-corrected chi connectivity index (χ1v) is 8.35. The Hall–Kier alpha value is -3.12. The van der Waals surface area contributed by atoms with Crippen molar-refractivity contribution in [2.75, 3.05) is 0 Å². The summed E-state index contributed by atoms with van der Waals surface area (Å²) in [6, 6.07) is 12.7. The number of hydrogen-bond acceptors (Lipinski definition) is 5. The smallest absolute Gasteiger partial charge is 0.202 e. The van der Waals surface area contributed by atoms with Crippen LogP contribution < -0.4 is 0 Å². The van der Waals surface area contributed by atoms with Gasteiger partial charge in [-0.25, -0.2) is 0 Å². The molecular weight excluding hydrogens is 354 g/mol. The van der Waals surface area contributed by atoms with E-state index in [0.29, 0.717) is 23.1 Å². The number of furan rings is 1. The molecule has 0 aliphatic rings. The van der Waals surface area contributed by atoms with Crippen molar-refractivity contribution in [3.8, 4) is 11.5 Å². The fourth-order valence-electron chi connectivity index (χ4n) is 2.62. The summed E-state index contributed by atoms with van der Waals surface area (Å²) >= 11 is 6.00. The number of Topliss-reactive ketones (excluding diaryl/α,β-unsaturated/α-hetero) is 1. The second-order valence-electron chi connectivity index (χ2n) is 5.83. The van der Waals surface area contributed by atoms with Crippen LogP contribution in [0.4, 0.5) is 0 Å². The molecule has 0 amide bonds. The van der Waals surface area contributed by atoms with E-state index in [0.717, 1.165) is 11.1 Å². The molecule has 0 aliphatic carbocycles. The van der Waals surface area contributed by atoms with Crippen LogP contribution in [-0.2, 0) is 13.0 Å². The van der Waals surface area contributed by atoms with E-state index in [1.807, 2.05) is 30.5 Å². The molecule has 0 aliphatic heterocycles. The molecule has 0 bridgehead atoms. The monoisotopic (exact) mass is 367 g/mol. The van der Waals surface area contributed by atoms with Crippen molar-refractivity contribution in [1.82, 2.24) is 14.9 Å². The minimum Gasteiger partial charge on any atom is -0.461 e. The molecule has 1 aromatic carbocycles. The molecule has 0 saturated carbocycles. The number of carbonyl (C=O) groups excluding carboxylic acids is 1. The Morgan fingerprint density at radius 3 is 2.85 bits per heavy atom. The largest absolute Gasteiger partial charge is 0.461 e. The molecular formula is C19H14ClN3O3. The summed E-state index contributed by atoms with van der Waals surface area (Å²) in [5.74, 6) is 0.815. The van der Waals surface area contributed by atoms with E-state index in [4.69, 9.17) is 20.5 Å². The topological polar surface area (TPSA) is 74.1 Å². The van der Waals surface area contributed by atoms with Crippen LogP contribution in [0.25, 0.3) is 11.5 Å². The van der Waals surface area contributed by atoms with E-state index in [9.17, 15) is 4.79 Å². The van der Waals surface area contributed by atoms with E-state index in [-0.39, 0.29) is 17.9 Å². The number of ketones is 1. The van der Waals surface area contributed by atoms with Gasteiger partial charge in [-0.1, -0.05) is 28.9 Å². The Labute approximate surface area is 154 Å².